The van der Waals surface area contributed by atoms with E-state index in [1.807, 2.05) is 43.3 Å². The molecule has 3 heterocycles. The number of aromatic nitrogens is 1. The van der Waals surface area contributed by atoms with E-state index in [0.29, 0.717) is 35.1 Å². The third-order valence-corrected chi connectivity index (χ3v) is 7.40. The van der Waals surface area contributed by atoms with Crippen LogP contribution in [-0.4, -0.2) is 46.5 Å². The van der Waals surface area contributed by atoms with Crippen molar-refractivity contribution in [3.05, 3.63) is 71.1 Å². The molecule has 1 saturated heterocycles. The Balaban J connectivity index is 1.25. The summed E-state index contributed by atoms with van der Waals surface area (Å²) in [5, 5.41) is 6.80. The predicted molar refractivity (Wildman–Crippen MR) is 137 cm³/mol. The summed E-state index contributed by atoms with van der Waals surface area (Å²) in [5.74, 6) is 1.28. The average Bonchev–Trinajstić information content (AvgIpc) is 3.36. The number of benzene rings is 2. The Kier molecular flexibility index (Phi) is 6.67. The lowest BCUT2D eigenvalue weighted by Gasteiger charge is -2.45. The van der Waals surface area contributed by atoms with Gasteiger partial charge in [0.2, 0.25) is 0 Å². The fourth-order valence-corrected chi connectivity index (χ4v) is 5.09. The first-order valence-electron chi connectivity index (χ1n) is 12.8. The van der Waals surface area contributed by atoms with Crippen LogP contribution in [0.1, 0.15) is 72.2 Å². The SMILES string of the molecule is CCc1cc(CNC(=O)c2ccc(-c3ccc4c(c3)C(=O)CC3(CCN(C(C)C)CC3)O4)cc2)on1. The van der Waals surface area contributed by atoms with Crippen molar-refractivity contribution >= 4 is 11.7 Å². The lowest BCUT2D eigenvalue weighted by Crippen LogP contribution is -2.52. The highest BCUT2D eigenvalue weighted by molar-refractivity contribution is 6.01. The van der Waals surface area contributed by atoms with E-state index in [9.17, 15) is 9.59 Å². The van der Waals surface area contributed by atoms with Crippen molar-refractivity contribution in [1.29, 1.82) is 0 Å². The molecule has 1 spiro atoms. The summed E-state index contributed by atoms with van der Waals surface area (Å²) in [4.78, 5) is 28.1. The van der Waals surface area contributed by atoms with Crippen molar-refractivity contribution in [2.45, 2.75) is 64.6 Å². The third-order valence-electron chi connectivity index (χ3n) is 7.40. The maximum Gasteiger partial charge on any atom is 0.251 e. The molecule has 2 aromatic carbocycles. The number of Topliss-reactive ketones (excluding diaryl/α,β-unsaturated/α-hetero) is 1. The number of aryl methyl sites for hydroxylation is 1. The van der Waals surface area contributed by atoms with Gasteiger partial charge in [0.25, 0.3) is 5.91 Å². The molecule has 1 amide bonds. The number of hydrogen-bond donors (Lipinski definition) is 1. The monoisotopic (exact) mass is 487 g/mol. The number of rotatable bonds is 6. The smallest absolute Gasteiger partial charge is 0.251 e. The van der Waals surface area contributed by atoms with Crippen LogP contribution in [0.2, 0.25) is 0 Å². The maximum absolute atomic E-state index is 13.2. The number of ether oxygens (including phenoxy) is 1. The Bertz CT molecular complexity index is 1250. The Labute approximate surface area is 211 Å². The lowest BCUT2D eigenvalue weighted by atomic mass is 9.81. The molecule has 2 aliphatic heterocycles. The summed E-state index contributed by atoms with van der Waals surface area (Å²) in [5.41, 5.74) is 3.55. The zero-order valence-corrected chi connectivity index (χ0v) is 21.2. The number of likely N-dealkylation sites (tertiary alicyclic amines) is 1. The molecule has 1 fully saturated rings. The van der Waals surface area contributed by atoms with Gasteiger partial charge in [-0.3, -0.25) is 9.59 Å². The van der Waals surface area contributed by atoms with Gasteiger partial charge in [0.1, 0.15) is 11.4 Å². The van der Waals surface area contributed by atoms with E-state index in [1.54, 1.807) is 12.1 Å². The molecule has 7 nitrogen and oxygen atoms in total. The molecule has 0 bridgehead atoms. The van der Waals surface area contributed by atoms with Crippen LogP contribution < -0.4 is 10.1 Å². The first-order chi connectivity index (χ1) is 17.4. The first-order valence-corrected chi connectivity index (χ1v) is 12.8. The molecule has 2 aliphatic rings. The minimum atomic E-state index is -0.379. The highest BCUT2D eigenvalue weighted by atomic mass is 16.5. The number of ketones is 1. The van der Waals surface area contributed by atoms with Crippen LogP contribution in [0.3, 0.4) is 0 Å². The zero-order valence-electron chi connectivity index (χ0n) is 21.2. The van der Waals surface area contributed by atoms with Crippen LogP contribution >= 0.6 is 0 Å². The minimum Gasteiger partial charge on any atom is -0.486 e. The standard InChI is InChI=1S/C29H33N3O4/c1-4-23-16-24(36-31-23)18-30-28(34)21-7-5-20(6-8-21)22-9-10-27-25(15-22)26(33)17-29(35-27)11-13-32(14-12-29)19(2)3/h5-10,15-16,19H,4,11-14,17-18H2,1-3H3,(H,30,34). The summed E-state index contributed by atoms with van der Waals surface area (Å²) in [6, 6.07) is 15.6. The van der Waals surface area contributed by atoms with Gasteiger partial charge in [-0.2, -0.15) is 0 Å². The third kappa shape index (κ3) is 4.93. The molecule has 1 N–H and O–H groups in total. The van der Waals surface area contributed by atoms with E-state index >= 15 is 0 Å². The zero-order chi connectivity index (χ0) is 25.3. The van der Waals surface area contributed by atoms with E-state index in [4.69, 9.17) is 9.26 Å². The van der Waals surface area contributed by atoms with Gasteiger partial charge in [0.15, 0.2) is 11.5 Å². The minimum absolute atomic E-state index is 0.144. The number of amides is 1. The number of piperidine rings is 1. The van der Waals surface area contributed by atoms with Crippen molar-refractivity contribution in [1.82, 2.24) is 15.4 Å². The molecule has 1 aromatic heterocycles. The predicted octanol–water partition coefficient (Wildman–Crippen LogP) is 5.04. The number of hydrogen-bond acceptors (Lipinski definition) is 6. The largest absolute Gasteiger partial charge is 0.486 e. The molecular weight excluding hydrogens is 454 g/mol. The number of nitrogens with one attached hydrogen (secondary N) is 1. The molecule has 0 unspecified atom stereocenters. The van der Waals surface area contributed by atoms with E-state index < -0.39 is 0 Å². The number of nitrogens with zero attached hydrogens (tertiary/aromatic N) is 2. The first kappa shape index (κ1) is 24.3. The number of carbonyl (C=O) groups is 2. The second kappa shape index (κ2) is 9.90. The molecule has 7 heteroatoms. The van der Waals surface area contributed by atoms with Crippen molar-refractivity contribution in [2.75, 3.05) is 13.1 Å². The summed E-state index contributed by atoms with van der Waals surface area (Å²) < 4.78 is 11.7. The highest BCUT2D eigenvalue weighted by Gasteiger charge is 2.43. The number of fused-ring (bicyclic) bond motifs is 1. The molecule has 0 radical (unpaired) electrons. The summed E-state index contributed by atoms with van der Waals surface area (Å²) in [6.45, 7) is 8.62. The lowest BCUT2D eigenvalue weighted by molar-refractivity contribution is -0.0153. The molecular formula is C29H33N3O4. The fourth-order valence-electron chi connectivity index (χ4n) is 5.09. The van der Waals surface area contributed by atoms with Gasteiger partial charge in [-0.05, 0) is 55.7 Å². The van der Waals surface area contributed by atoms with Crippen molar-refractivity contribution in [2.24, 2.45) is 0 Å². The van der Waals surface area contributed by atoms with E-state index in [-0.39, 0.29) is 23.8 Å². The second-order valence-corrected chi connectivity index (χ2v) is 10.1. The van der Waals surface area contributed by atoms with Gasteiger partial charge < -0.3 is 19.5 Å². The van der Waals surface area contributed by atoms with E-state index in [2.05, 4.69) is 29.2 Å². The van der Waals surface area contributed by atoms with Crippen LogP contribution in [-0.2, 0) is 13.0 Å². The average molecular weight is 488 g/mol. The molecule has 36 heavy (non-hydrogen) atoms. The number of carbonyl (C=O) groups excluding carboxylic acids is 2. The van der Waals surface area contributed by atoms with Crippen LogP contribution in [0.25, 0.3) is 11.1 Å². The molecule has 3 aromatic rings. The summed E-state index contributed by atoms with van der Waals surface area (Å²) in [6.07, 6.45) is 2.96. The van der Waals surface area contributed by atoms with Gasteiger partial charge in [0.05, 0.1) is 24.2 Å². The van der Waals surface area contributed by atoms with Crippen molar-refractivity contribution in [3.63, 3.8) is 0 Å². The Hall–Kier alpha value is -3.45. The van der Waals surface area contributed by atoms with Crippen molar-refractivity contribution in [3.8, 4) is 16.9 Å². The summed E-state index contributed by atoms with van der Waals surface area (Å²) in [7, 11) is 0. The van der Waals surface area contributed by atoms with Gasteiger partial charge in [-0.25, -0.2) is 0 Å². The van der Waals surface area contributed by atoms with E-state index in [1.165, 1.54) is 0 Å². The molecule has 0 aliphatic carbocycles. The van der Waals surface area contributed by atoms with E-state index in [0.717, 1.165) is 49.2 Å². The van der Waals surface area contributed by atoms with Crippen LogP contribution in [0.5, 0.6) is 5.75 Å². The van der Waals surface area contributed by atoms with Crippen LogP contribution in [0.4, 0.5) is 0 Å². The topological polar surface area (TPSA) is 84.7 Å². The van der Waals surface area contributed by atoms with Crippen LogP contribution in [0, 0.1) is 0 Å². The Morgan fingerprint density at radius 3 is 2.47 bits per heavy atom. The summed E-state index contributed by atoms with van der Waals surface area (Å²) >= 11 is 0. The van der Waals surface area contributed by atoms with Gasteiger partial charge in [-0.15, -0.1) is 0 Å². The van der Waals surface area contributed by atoms with Crippen LogP contribution in [0.15, 0.2) is 53.1 Å². The normalized spacial score (nSPS) is 17.2. The molecule has 5 rings (SSSR count). The van der Waals surface area contributed by atoms with Gasteiger partial charge in [-0.1, -0.05) is 30.3 Å². The Morgan fingerprint density at radius 1 is 1.08 bits per heavy atom. The second-order valence-electron chi connectivity index (χ2n) is 10.1. The Morgan fingerprint density at radius 2 is 1.81 bits per heavy atom. The van der Waals surface area contributed by atoms with Gasteiger partial charge >= 0.3 is 0 Å². The van der Waals surface area contributed by atoms with Gasteiger partial charge in [0, 0.05) is 43.6 Å². The highest BCUT2D eigenvalue weighted by Crippen LogP contribution is 2.41. The maximum atomic E-state index is 13.2. The molecule has 188 valence electrons. The van der Waals surface area contributed by atoms with Crippen molar-refractivity contribution < 1.29 is 18.8 Å². The quantitative estimate of drug-likeness (QED) is 0.524. The fraction of sp³-hybridized carbons (Fsp3) is 0.414. The molecule has 0 atom stereocenters. The molecule has 0 saturated carbocycles.